The van der Waals surface area contributed by atoms with Crippen molar-refractivity contribution in [3.05, 3.63) is 324 Å². The van der Waals surface area contributed by atoms with E-state index in [-0.39, 0.29) is 0 Å². The molecule has 0 aliphatic heterocycles. The molecule has 16 aromatic rings. The maximum Gasteiger partial charge on any atom is 0.143 e. The molecule has 0 N–H and O–H groups in total. The zero-order valence-electron chi connectivity index (χ0n) is 46.3. The Labute approximate surface area is 505 Å². The van der Waals surface area contributed by atoms with Crippen LogP contribution in [0.4, 0.5) is 34.1 Å². The molecule has 13 aromatic carbocycles. The molecule has 0 radical (unpaired) electrons. The first-order valence-corrected chi connectivity index (χ1v) is 30.5. The van der Waals surface area contributed by atoms with Crippen molar-refractivity contribution in [3.8, 4) is 33.4 Å². The molecule has 86 heavy (non-hydrogen) atoms. The Morgan fingerprint density at radius 2 is 0.919 bits per heavy atom. The summed E-state index contributed by atoms with van der Waals surface area (Å²) in [4.78, 5) is 4.94. The van der Waals surface area contributed by atoms with Crippen LogP contribution in [0.15, 0.2) is 294 Å². The van der Waals surface area contributed by atoms with Gasteiger partial charge in [0.15, 0.2) is 0 Å². The Hall–Kier alpha value is -10.4. The summed E-state index contributed by atoms with van der Waals surface area (Å²) in [6.07, 6.45) is 0.777. The fourth-order valence-corrected chi connectivity index (χ4v) is 16.0. The SMILES string of the molecule is Clc1ccc2c(c1)Cc1ccccc1C21c2ccc(N(c3ccccc3)c3cc(-c4cccc5c4oc4ccccc45)c4sc5ccccc5c4c3)cc2-c2c(N(c3ccccc3)c3cc(-c4ccccc4)c4oc5ccccc5c4c3)cccc21. The van der Waals surface area contributed by atoms with Gasteiger partial charge in [-0.1, -0.05) is 200 Å². The molecule has 6 heteroatoms. The van der Waals surface area contributed by atoms with Gasteiger partial charge in [-0.3, -0.25) is 0 Å². The first-order valence-electron chi connectivity index (χ1n) is 29.3. The second-order valence-corrected chi connectivity index (χ2v) is 24.2. The second-order valence-electron chi connectivity index (χ2n) is 22.7. The standard InChI is InChI=1S/C80H49ClN2O2S/c81-52-38-40-69-51(43-52)42-50-22-10-14-32-68(50)80(69)70-41-39-55(82(53-23-6-2-7-24-53)56-47-65-60-29-13-17-37-75(60)86-79(65)66(48-56)62-31-18-30-61-58-27-11-15-35-73(58)84-77(61)62)44-67(70)76-71(80)33-19-34-72(76)83(54-25-8-3-9-26-54)57-45-63(49-20-4-1-5-21-49)78-64(46-57)59-28-12-16-36-74(59)85-78/h1-41,43-48H,42H2. The second kappa shape index (κ2) is 19.0. The molecule has 1 atom stereocenters. The van der Waals surface area contributed by atoms with Gasteiger partial charge in [-0.15, -0.1) is 11.3 Å². The van der Waals surface area contributed by atoms with E-state index in [1.165, 1.54) is 53.6 Å². The van der Waals surface area contributed by atoms with Crippen LogP contribution in [-0.2, 0) is 11.8 Å². The molecular weight excluding hydrogens is 1090 g/mol. The van der Waals surface area contributed by atoms with Crippen LogP contribution in [0.3, 0.4) is 0 Å². The van der Waals surface area contributed by atoms with Gasteiger partial charge in [-0.05, 0) is 148 Å². The summed E-state index contributed by atoms with van der Waals surface area (Å²) in [6, 6.07) is 104. The number of anilines is 6. The van der Waals surface area contributed by atoms with Gasteiger partial charge >= 0.3 is 0 Å². The third-order valence-electron chi connectivity index (χ3n) is 18.1. The Morgan fingerprint density at radius 1 is 0.349 bits per heavy atom. The molecule has 3 aromatic heterocycles. The Bertz CT molecular complexity index is 5430. The van der Waals surface area contributed by atoms with E-state index in [4.69, 9.17) is 20.4 Å². The van der Waals surface area contributed by atoms with Crippen molar-refractivity contribution in [3.63, 3.8) is 0 Å². The molecule has 0 amide bonds. The summed E-state index contributed by atoms with van der Waals surface area (Å²) in [7, 11) is 0. The van der Waals surface area contributed by atoms with Crippen LogP contribution in [0, 0.1) is 0 Å². The van der Waals surface area contributed by atoms with E-state index < -0.39 is 5.41 Å². The van der Waals surface area contributed by atoms with Gasteiger partial charge in [0.2, 0.25) is 0 Å². The third-order valence-corrected chi connectivity index (χ3v) is 19.6. The molecule has 18 rings (SSSR count). The zero-order valence-corrected chi connectivity index (χ0v) is 47.9. The number of hydrogen-bond donors (Lipinski definition) is 0. The highest BCUT2D eigenvalue weighted by atomic mass is 35.5. The number of hydrogen-bond acceptors (Lipinski definition) is 5. The number of halogens is 1. The average molecular weight is 1140 g/mol. The first kappa shape index (κ1) is 49.0. The molecular formula is C80H49ClN2O2S. The third kappa shape index (κ3) is 7.23. The lowest BCUT2D eigenvalue weighted by Crippen LogP contribution is -2.34. The summed E-state index contributed by atoms with van der Waals surface area (Å²) in [5.74, 6) is 0. The maximum atomic E-state index is 7.04. The summed E-state index contributed by atoms with van der Waals surface area (Å²) in [6.45, 7) is 0. The van der Waals surface area contributed by atoms with Gasteiger partial charge in [-0.2, -0.15) is 0 Å². The van der Waals surface area contributed by atoms with Gasteiger partial charge in [-0.25, -0.2) is 0 Å². The van der Waals surface area contributed by atoms with E-state index in [0.717, 1.165) is 123 Å². The summed E-state index contributed by atoms with van der Waals surface area (Å²) < 4.78 is 16.2. The van der Waals surface area contributed by atoms with Crippen LogP contribution in [0.1, 0.15) is 33.4 Å². The predicted octanol–water partition coefficient (Wildman–Crippen LogP) is 23.0. The van der Waals surface area contributed by atoms with Crippen LogP contribution in [0.2, 0.25) is 5.02 Å². The van der Waals surface area contributed by atoms with E-state index in [1.54, 1.807) is 0 Å². The molecule has 0 fully saturated rings. The monoisotopic (exact) mass is 1140 g/mol. The molecule has 404 valence electrons. The normalized spacial score (nSPS) is 14.1. The highest BCUT2D eigenvalue weighted by Crippen LogP contribution is 2.63. The quantitative estimate of drug-likeness (QED) is 0.152. The minimum atomic E-state index is -0.708. The van der Waals surface area contributed by atoms with Crippen molar-refractivity contribution in [1.29, 1.82) is 0 Å². The lowest BCUT2D eigenvalue weighted by Gasteiger charge is -2.40. The van der Waals surface area contributed by atoms with Crippen molar-refractivity contribution >= 4 is 121 Å². The molecule has 4 nitrogen and oxygen atoms in total. The van der Waals surface area contributed by atoms with Gasteiger partial charge in [0.1, 0.15) is 22.3 Å². The van der Waals surface area contributed by atoms with Crippen LogP contribution in [0.5, 0.6) is 0 Å². The van der Waals surface area contributed by atoms with Gasteiger partial charge < -0.3 is 18.6 Å². The molecule has 3 heterocycles. The van der Waals surface area contributed by atoms with E-state index in [9.17, 15) is 0 Å². The lowest BCUT2D eigenvalue weighted by molar-refractivity contribution is 0.669. The number of thiophene rings is 1. The maximum absolute atomic E-state index is 7.04. The molecule has 2 aliphatic carbocycles. The van der Waals surface area contributed by atoms with Gasteiger partial charge in [0.05, 0.1) is 11.1 Å². The molecule has 0 saturated carbocycles. The molecule has 1 unspecified atom stereocenters. The van der Waals surface area contributed by atoms with Crippen molar-refractivity contribution in [2.24, 2.45) is 0 Å². The van der Waals surface area contributed by atoms with E-state index >= 15 is 0 Å². The van der Waals surface area contributed by atoms with Crippen LogP contribution < -0.4 is 9.80 Å². The van der Waals surface area contributed by atoms with Crippen molar-refractivity contribution in [1.82, 2.24) is 0 Å². The fraction of sp³-hybridized carbons (Fsp3) is 0.0250. The number of benzene rings is 13. The number of para-hydroxylation sites is 5. The van der Waals surface area contributed by atoms with Crippen molar-refractivity contribution in [2.45, 2.75) is 11.8 Å². The van der Waals surface area contributed by atoms with Crippen LogP contribution in [0.25, 0.3) is 97.4 Å². The topological polar surface area (TPSA) is 32.8 Å². The predicted molar refractivity (Wildman–Crippen MR) is 359 cm³/mol. The van der Waals surface area contributed by atoms with Crippen molar-refractivity contribution < 1.29 is 8.83 Å². The van der Waals surface area contributed by atoms with Crippen LogP contribution >= 0.6 is 22.9 Å². The number of furan rings is 2. The summed E-state index contributed by atoms with van der Waals surface area (Å²) >= 11 is 8.88. The minimum absolute atomic E-state index is 0.708. The summed E-state index contributed by atoms with van der Waals surface area (Å²) in [5, 5.41) is 7.50. The average Bonchev–Trinajstić information content (AvgIpc) is 1.55. The number of rotatable bonds is 8. The lowest BCUT2D eigenvalue weighted by atomic mass is 9.61. The molecule has 2 aliphatic rings. The van der Waals surface area contributed by atoms with Gasteiger partial charge in [0, 0.05) is 97.4 Å². The highest BCUT2D eigenvalue weighted by Gasteiger charge is 2.51. The zero-order chi connectivity index (χ0) is 56.6. The van der Waals surface area contributed by atoms with E-state index in [2.05, 4.69) is 295 Å². The highest BCUT2D eigenvalue weighted by molar-refractivity contribution is 7.26. The number of fused-ring (bicyclic) bond motifs is 18. The smallest absolute Gasteiger partial charge is 0.143 e. The molecule has 1 spiro atoms. The minimum Gasteiger partial charge on any atom is -0.455 e. The van der Waals surface area contributed by atoms with Gasteiger partial charge in [0.25, 0.3) is 0 Å². The van der Waals surface area contributed by atoms with E-state index in [0.29, 0.717) is 0 Å². The first-order chi connectivity index (χ1) is 42.5. The van der Waals surface area contributed by atoms with Crippen LogP contribution in [-0.4, -0.2) is 0 Å². The number of nitrogens with zero attached hydrogens (tertiary/aromatic N) is 2. The Morgan fingerprint density at radius 3 is 1.71 bits per heavy atom. The molecule has 0 saturated heterocycles. The summed E-state index contributed by atoms with van der Waals surface area (Å²) in [5.41, 5.74) is 23.1. The Balaban J connectivity index is 0.938. The largest absolute Gasteiger partial charge is 0.455 e. The Kier molecular flexibility index (Phi) is 10.9. The molecule has 0 bridgehead atoms. The fourth-order valence-electron chi connectivity index (χ4n) is 14.6. The van der Waals surface area contributed by atoms with E-state index in [1.807, 2.05) is 11.3 Å². The van der Waals surface area contributed by atoms with Crippen molar-refractivity contribution in [2.75, 3.05) is 9.80 Å².